The highest BCUT2D eigenvalue weighted by atomic mass is 32.2. The first kappa shape index (κ1) is 21.1. The van der Waals surface area contributed by atoms with Gasteiger partial charge in [0.05, 0.1) is 10.6 Å². The first-order chi connectivity index (χ1) is 13.8. The van der Waals surface area contributed by atoms with Crippen molar-refractivity contribution in [1.82, 2.24) is 9.62 Å². The van der Waals surface area contributed by atoms with Crippen LogP contribution in [0.1, 0.15) is 17.5 Å². The van der Waals surface area contributed by atoms with E-state index in [1.54, 1.807) is 36.1 Å². The van der Waals surface area contributed by atoms with Crippen molar-refractivity contribution in [3.63, 3.8) is 0 Å². The molecule has 0 radical (unpaired) electrons. The first-order valence-electron chi connectivity index (χ1n) is 9.65. The Morgan fingerprint density at radius 1 is 1.07 bits per heavy atom. The fourth-order valence-corrected chi connectivity index (χ4v) is 4.81. The van der Waals surface area contributed by atoms with E-state index in [1.165, 1.54) is 0 Å². The van der Waals surface area contributed by atoms with Crippen molar-refractivity contribution >= 4 is 21.6 Å². The molecule has 0 unspecified atom stereocenters. The van der Waals surface area contributed by atoms with Crippen LogP contribution < -0.4 is 9.62 Å². The average molecular weight is 418 g/mol. The van der Waals surface area contributed by atoms with E-state index in [4.69, 9.17) is 0 Å². The number of aryl methyl sites for hydroxylation is 2. The van der Waals surface area contributed by atoms with Gasteiger partial charge in [0.1, 0.15) is 5.75 Å². The highest BCUT2D eigenvalue weighted by molar-refractivity contribution is 7.89. The lowest BCUT2D eigenvalue weighted by atomic mass is 10.2. The molecule has 1 fully saturated rings. The fourth-order valence-electron chi connectivity index (χ4n) is 3.45. The molecule has 0 aromatic heterocycles. The van der Waals surface area contributed by atoms with Crippen LogP contribution in [0.15, 0.2) is 47.4 Å². The summed E-state index contributed by atoms with van der Waals surface area (Å²) in [6.07, 6.45) is 0.112. The fraction of sp³-hybridized carbons (Fsp3) is 0.381. The van der Waals surface area contributed by atoms with E-state index in [1.807, 2.05) is 30.0 Å². The van der Waals surface area contributed by atoms with E-state index >= 15 is 0 Å². The number of hydrogen-bond acceptors (Lipinski definition) is 5. The minimum atomic E-state index is -3.65. The van der Waals surface area contributed by atoms with Gasteiger partial charge >= 0.3 is 0 Å². The summed E-state index contributed by atoms with van der Waals surface area (Å²) < 4.78 is 27.6. The minimum Gasteiger partial charge on any atom is -0.506 e. The molecule has 8 heteroatoms. The van der Waals surface area contributed by atoms with Gasteiger partial charge < -0.3 is 14.9 Å². The van der Waals surface area contributed by atoms with Gasteiger partial charge in [0, 0.05) is 39.1 Å². The van der Waals surface area contributed by atoms with Crippen molar-refractivity contribution in [1.29, 1.82) is 0 Å². The predicted octanol–water partition coefficient (Wildman–Crippen LogP) is 2.03. The third-order valence-corrected chi connectivity index (χ3v) is 6.72. The molecule has 0 bridgehead atoms. The lowest BCUT2D eigenvalue weighted by Crippen LogP contribution is -2.49. The minimum absolute atomic E-state index is 0.0637. The van der Waals surface area contributed by atoms with E-state index < -0.39 is 10.0 Å². The molecule has 29 heavy (non-hydrogen) atoms. The van der Waals surface area contributed by atoms with Crippen LogP contribution in [-0.4, -0.2) is 57.1 Å². The number of nitrogens with one attached hydrogen (secondary N) is 1. The van der Waals surface area contributed by atoms with Crippen molar-refractivity contribution in [2.75, 3.05) is 37.6 Å². The summed E-state index contributed by atoms with van der Waals surface area (Å²) in [6.45, 7) is 5.98. The molecule has 2 N–H and O–H groups in total. The van der Waals surface area contributed by atoms with Gasteiger partial charge in [-0.1, -0.05) is 24.3 Å². The number of carbonyl (C=O) groups excluding carboxylic acids is 1. The van der Waals surface area contributed by atoms with Gasteiger partial charge in [-0.2, -0.15) is 0 Å². The van der Waals surface area contributed by atoms with Crippen LogP contribution >= 0.6 is 0 Å². The van der Waals surface area contributed by atoms with E-state index in [2.05, 4.69) is 4.72 Å². The second-order valence-electron chi connectivity index (χ2n) is 7.27. The Hall–Kier alpha value is -2.58. The molecule has 1 aliphatic rings. The molecule has 3 rings (SSSR count). The number of rotatable bonds is 6. The van der Waals surface area contributed by atoms with E-state index in [-0.39, 0.29) is 29.5 Å². The van der Waals surface area contributed by atoms with Crippen LogP contribution in [0.25, 0.3) is 0 Å². The predicted molar refractivity (Wildman–Crippen MR) is 113 cm³/mol. The largest absolute Gasteiger partial charge is 0.506 e. The molecule has 1 aliphatic heterocycles. The molecule has 0 aliphatic carbocycles. The molecule has 0 atom stereocenters. The number of benzene rings is 2. The van der Waals surface area contributed by atoms with Gasteiger partial charge in [0.25, 0.3) is 0 Å². The van der Waals surface area contributed by atoms with Crippen molar-refractivity contribution in [2.24, 2.45) is 0 Å². The number of anilines is 1. The van der Waals surface area contributed by atoms with Gasteiger partial charge in [-0.25, -0.2) is 13.1 Å². The summed E-state index contributed by atoms with van der Waals surface area (Å²) in [5.41, 5.74) is 2.31. The molecular formula is C21H27N3O4S. The standard InChI is InChI=1S/C21H27N3O4S/c1-16-7-8-17(2)20(15-16)29(27,28)22-10-9-21(26)24-13-11-23(12-14-24)18-5-3-4-6-19(18)25/h3-8,15,22,25H,9-14H2,1-2H3. The number of hydrogen-bond donors (Lipinski definition) is 2. The zero-order valence-corrected chi connectivity index (χ0v) is 17.6. The van der Waals surface area contributed by atoms with Gasteiger partial charge in [0.15, 0.2) is 0 Å². The molecule has 156 valence electrons. The van der Waals surface area contributed by atoms with Gasteiger partial charge in [-0.05, 0) is 43.2 Å². The van der Waals surface area contributed by atoms with Gasteiger partial charge in [-0.15, -0.1) is 0 Å². The SMILES string of the molecule is Cc1ccc(C)c(S(=O)(=O)NCCC(=O)N2CCN(c3ccccc3O)CC2)c1. The van der Waals surface area contributed by atoms with E-state index in [0.29, 0.717) is 31.7 Å². The van der Waals surface area contributed by atoms with Crippen molar-refractivity contribution in [3.05, 3.63) is 53.6 Å². The summed E-state index contributed by atoms with van der Waals surface area (Å²) in [5, 5.41) is 9.97. The lowest BCUT2D eigenvalue weighted by Gasteiger charge is -2.36. The second-order valence-corrected chi connectivity index (χ2v) is 9.01. The topological polar surface area (TPSA) is 90.0 Å². The molecule has 0 spiro atoms. The number of carbonyl (C=O) groups is 1. The molecule has 1 amide bonds. The summed E-state index contributed by atoms with van der Waals surface area (Å²) in [5.74, 6) is 0.152. The number of sulfonamides is 1. The van der Waals surface area contributed by atoms with Crippen LogP contribution in [-0.2, 0) is 14.8 Å². The smallest absolute Gasteiger partial charge is 0.240 e. The maximum absolute atomic E-state index is 12.5. The summed E-state index contributed by atoms with van der Waals surface area (Å²) >= 11 is 0. The van der Waals surface area contributed by atoms with Crippen molar-refractivity contribution < 1.29 is 18.3 Å². The Morgan fingerprint density at radius 2 is 1.76 bits per heavy atom. The zero-order chi connectivity index (χ0) is 21.0. The number of para-hydroxylation sites is 2. The Labute approximate surface area is 172 Å². The molecule has 1 heterocycles. The van der Waals surface area contributed by atoms with Crippen molar-refractivity contribution in [3.8, 4) is 5.75 Å². The molecule has 7 nitrogen and oxygen atoms in total. The highest BCUT2D eigenvalue weighted by Gasteiger charge is 2.23. The maximum atomic E-state index is 12.5. The second kappa shape index (κ2) is 8.84. The Bertz CT molecular complexity index is 983. The van der Waals surface area contributed by atoms with Crippen LogP contribution in [0, 0.1) is 13.8 Å². The maximum Gasteiger partial charge on any atom is 0.240 e. The molecular weight excluding hydrogens is 390 g/mol. The highest BCUT2D eigenvalue weighted by Crippen LogP contribution is 2.27. The van der Waals surface area contributed by atoms with Gasteiger partial charge in [-0.3, -0.25) is 4.79 Å². The Morgan fingerprint density at radius 3 is 2.45 bits per heavy atom. The first-order valence-corrected chi connectivity index (χ1v) is 11.1. The van der Waals surface area contributed by atoms with Crippen LogP contribution in [0.4, 0.5) is 5.69 Å². The van der Waals surface area contributed by atoms with E-state index in [0.717, 1.165) is 11.3 Å². The van der Waals surface area contributed by atoms with Crippen LogP contribution in [0.5, 0.6) is 5.75 Å². The van der Waals surface area contributed by atoms with Crippen molar-refractivity contribution in [2.45, 2.75) is 25.2 Å². The lowest BCUT2D eigenvalue weighted by molar-refractivity contribution is -0.131. The molecule has 1 saturated heterocycles. The van der Waals surface area contributed by atoms with Gasteiger partial charge in [0.2, 0.25) is 15.9 Å². The van der Waals surface area contributed by atoms with E-state index in [9.17, 15) is 18.3 Å². The molecule has 2 aromatic carbocycles. The summed E-state index contributed by atoms with van der Waals surface area (Å²) in [7, 11) is -3.65. The molecule has 2 aromatic rings. The number of amides is 1. The monoisotopic (exact) mass is 417 g/mol. The number of nitrogens with zero attached hydrogens (tertiary/aromatic N) is 2. The molecule has 0 saturated carbocycles. The Kier molecular flexibility index (Phi) is 6.44. The average Bonchev–Trinajstić information content (AvgIpc) is 2.70. The quantitative estimate of drug-likeness (QED) is 0.751. The zero-order valence-electron chi connectivity index (χ0n) is 16.8. The number of phenols is 1. The van der Waals surface area contributed by atoms with Crippen LogP contribution in [0.3, 0.4) is 0 Å². The Balaban J connectivity index is 1.50. The number of aromatic hydroxyl groups is 1. The van der Waals surface area contributed by atoms with Crippen LogP contribution in [0.2, 0.25) is 0 Å². The number of phenolic OH excluding ortho intramolecular Hbond substituents is 1. The number of piperazine rings is 1. The normalized spacial score (nSPS) is 14.8. The third-order valence-electron chi connectivity index (χ3n) is 5.12. The summed E-state index contributed by atoms with van der Waals surface area (Å²) in [4.78, 5) is 16.5. The third kappa shape index (κ3) is 5.07. The summed E-state index contributed by atoms with van der Waals surface area (Å²) in [6, 6.07) is 12.4.